The zero-order valence-corrected chi connectivity index (χ0v) is 9.21. The molecule has 1 aliphatic carbocycles. The minimum atomic E-state index is -0.375. The molecule has 1 fully saturated rings. The van der Waals surface area contributed by atoms with Gasteiger partial charge in [-0.05, 0) is 26.7 Å². The predicted octanol–water partition coefficient (Wildman–Crippen LogP) is -0.0323. The second kappa shape index (κ2) is 4.28. The lowest BCUT2D eigenvalue weighted by molar-refractivity contribution is -0.129. The van der Waals surface area contributed by atoms with Crippen molar-refractivity contribution in [2.45, 2.75) is 38.3 Å². The van der Waals surface area contributed by atoms with Gasteiger partial charge in [-0.3, -0.25) is 4.79 Å². The van der Waals surface area contributed by atoms with Crippen molar-refractivity contribution in [3.05, 3.63) is 0 Å². The molecule has 1 aliphatic rings. The smallest absolute Gasteiger partial charge is 0.236 e. The Labute approximate surface area is 85.3 Å². The van der Waals surface area contributed by atoms with Crippen molar-refractivity contribution < 1.29 is 9.90 Å². The van der Waals surface area contributed by atoms with Crippen molar-refractivity contribution in [3.8, 4) is 0 Å². The predicted molar refractivity (Wildman–Crippen MR) is 55.0 cm³/mol. The second-order valence-corrected chi connectivity index (χ2v) is 4.63. The average Bonchev–Trinajstić information content (AvgIpc) is 2.96. The molecule has 4 heteroatoms. The number of likely N-dealkylation sites (N-methyl/N-ethyl adjacent to an activating group) is 1. The molecule has 1 saturated carbocycles. The minimum absolute atomic E-state index is 0.0351. The van der Waals surface area contributed by atoms with Crippen LogP contribution in [0.5, 0.6) is 0 Å². The first-order valence-electron chi connectivity index (χ1n) is 5.08. The van der Waals surface area contributed by atoms with Crippen LogP contribution in [0.4, 0.5) is 0 Å². The first kappa shape index (κ1) is 11.5. The largest absolute Gasteiger partial charge is 0.394 e. The summed E-state index contributed by atoms with van der Waals surface area (Å²) >= 11 is 0. The van der Waals surface area contributed by atoms with Crippen LogP contribution >= 0.6 is 0 Å². The Kier molecular flexibility index (Phi) is 3.50. The van der Waals surface area contributed by atoms with Crippen molar-refractivity contribution in [1.82, 2.24) is 10.2 Å². The van der Waals surface area contributed by atoms with Gasteiger partial charge in [0.15, 0.2) is 0 Å². The molecule has 0 aromatic carbocycles. The molecule has 14 heavy (non-hydrogen) atoms. The SMILES string of the molecule is CN(C(=O)CNC(C)(C)CO)C1CC1. The summed E-state index contributed by atoms with van der Waals surface area (Å²) in [5.74, 6) is 0.106. The van der Waals surface area contributed by atoms with Crippen molar-refractivity contribution in [2.75, 3.05) is 20.2 Å². The maximum atomic E-state index is 11.6. The van der Waals surface area contributed by atoms with Crippen LogP contribution in [0.15, 0.2) is 0 Å². The van der Waals surface area contributed by atoms with Gasteiger partial charge in [0.25, 0.3) is 0 Å². The molecule has 0 aromatic rings. The van der Waals surface area contributed by atoms with E-state index in [1.54, 1.807) is 4.90 Å². The summed E-state index contributed by atoms with van der Waals surface area (Å²) < 4.78 is 0. The van der Waals surface area contributed by atoms with E-state index in [0.717, 1.165) is 12.8 Å². The van der Waals surface area contributed by atoms with E-state index < -0.39 is 0 Å². The summed E-state index contributed by atoms with van der Waals surface area (Å²) in [6.07, 6.45) is 2.26. The third-order valence-corrected chi connectivity index (χ3v) is 2.60. The number of aliphatic hydroxyl groups is 1. The van der Waals surface area contributed by atoms with Crippen LogP contribution in [-0.4, -0.2) is 47.7 Å². The van der Waals surface area contributed by atoms with Crippen LogP contribution in [0.2, 0.25) is 0 Å². The Hall–Kier alpha value is -0.610. The third-order valence-electron chi connectivity index (χ3n) is 2.60. The van der Waals surface area contributed by atoms with E-state index in [4.69, 9.17) is 5.11 Å². The fraction of sp³-hybridized carbons (Fsp3) is 0.900. The summed E-state index contributed by atoms with van der Waals surface area (Å²) in [5.41, 5.74) is -0.375. The first-order chi connectivity index (χ1) is 6.46. The van der Waals surface area contributed by atoms with Gasteiger partial charge in [0.2, 0.25) is 5.91 Å². The van der Waals surface area contributed by atoms with Crippen molar-refractivity contribution in [3.63, 3.8) is 0 Å². The number of rotatable bonds is 5. The molecule has 0 spiro atoms. The Morgan fingerprint density at radius 1 is 1.57 bits per heavy atom. The van der Waals surface area contributed by atoms with Crippen LogP contribution in [0.3, 0.4) is 0 Å². The topological polar surface area (TPSA) is 52.6 Å². The van der Waals surface area contributed by atoms with E-state index in [1.807, 2.05) is 20.9 Å². The van der Waals surface area contributed by atoms with Gasteiger partial charge >= 0.3 is 0 Å². The quantitative estimate of drug-likeness (QED) is 0.655. The number of carbonyl (C=O) groups is 1. The molecule has 2 N–H and O–H groups in total. The van der Waals surface area contributed by atoms with Crippen molar-refractivity contribution in [1.29, 1.82) is 0 Å². The van der Waals surface area contributed by atoms with Crippen LogP contribution in [0.1, 0.15) is 26.7 Å². The maximum absolute atomic E-state index is 11.6. The van der Waals surface area contributed by atoms with Crippen LogP contribution in [-0.2, 0) is 4.79 Å². The molecule has 0 atom stereocenters. The Balaban J connectivity index is 2.26. The Morgan fingerprint density at radius 3 is 2.57 bits per heavy atom. The lowest BCUT2D eigenvalue weighted by atomic mass is 10.1. The zero-order chi connectivity index (χ0) is 10.8. The first-order valence-corrected chi connectivity index (χ1v) is 5.08. The van der Waals surface area contributed by atoms with Gasteiger partial charge in [0, 0.05) is 18.6 Å². The summed E-state index contributed by atoms with van der Waals surface area (Å²) in [6.45, 7) is 4.09. The van der Waals surface area contributed by atoms with Crippen LogP contribution in [0, 0.1) is 0 Å². The van der Waals surface area contributed by atoms with E-state index in [2.05, 4.69) is 5.32 Å². The fourth-order valence-corrected chi connectivity index (χ4v) is 1.16. The minimum Gasteiger partial charge on any atom is -0.394 e. The molecule has 0 unspecified atom stereocenters. The number of nitrogens with zero attached hydrogens (tertiary/aromatic N) is 1. The normalized spacial score (nSPS) is 16.9. The number of carbonyl (C=O) groups excluding carboxylic acids is 1. The number of aliphatic hydroxyl groups excluding tert-OH is 1. The van der Waals surface area contributed by atoms with Crippen molar-refractivity contribution in [2.24, 2.45) is 0 Å². The lowest BCUT2D eigenvalue weighted by Crippen LogP contribution is -2.48. The van der Waals surface area contributed by atoms with Gasteiger partial charge < -0.3 is 15.3 Å². The van der Waals surface area contributed by atoms with E-state index in [0.29, 0.717) is 12.6 Å². The number of hydrogen-bond acceptors (Lipinski definition) is 3. The number of amides is 1. The maximum Gasteiger partial charge on any atom is 0.236 e. The highest BCUT2D eigenvalue weighted by Gasteiger charge is 2.29. The van der Waals surface area contributed by atoms with Gasteiger partial charge in [-0.1, -0.05) is 0 Å². The van der Waals surface area contributed by atoms with E-state index >= 15 is 0 Å². The molecule has 0 saturated heterocycles. The summed E-state index contributed by atoms with van der Waals surface area (Å²) in [6, 6.07) is 0.460. The average molecular weight is 200 g/mol. The Morgan fingerprint density at radius 2 is 2.14 bits per heavy atom. The lowest BCUT2D eigenvalue weighted by Gasteiger charge is -2.25. The molecule has 82 valence electrons. The molecule has 0 bridgehead atoms. The molecule has 4 nitrogen and oxygen atoms in total. The summed E-state index contributed by atoms with van der Waals surface area (Å²) in [5, 5.41) is 12.0. The van der Waals surface area contributed by atoms with Crippen molar-refractivity contribution >= 4 is 5.91 Å². The van der Waals surface area contributed by atoms with E-state index in [-0.39, 0.29) is 18.1 Å². The van der Waals surface area contributed by atoms with Gasteiger partial charge in [-0.25, -0.2) is 0 Å². The highest BCUT2D eigenvalue weighted by atomic mass is 16.3. The Bertz CT molecular complexity index is 212. The monoisotopic (exact) mass is 200 g/mol. The standard InChI is InChI=1S/C10H20N2O2/c1-10(2,7-13)11-6-9(14)12(3)8-4-5-8/h8,11,13H,4-7H2,1-3H3. The number of hydrogen-bond donors (Lipinski definition) is 2. The van der Waals surface area contributed by atoms with Gasteiger partial charge in [-0.2, -0.15) is 0 Å². The van der Waals surface area contributed by atoms with Gasteiger partial charge in [0.1, 0.15) is 0 Å². The molecular formula is C10H20N2O2. The molecule has 0 radical (unpaired) electrons. The molecule has 1 rings (SSSR count). The molecule has 0 heterocycles. The van der Waals surface area contributed by atoms with Gasteiger partial charge in [0.05, 0.1) is 13.2 Å². The fourth-order valence-electron chi connectivity index (χ4n) is 1.16. The zero-order valence-electron chi connectivity index (χ0n) is 9.21. The molecule has 1 amide bonds. The molecular weight excluding hydrogens is 180 g/mol. The number of nitrogens with one attached hydrogen (secondary N) is 1. The molecule has 0 aliphatic heterocycles. The van der Waals surface area contributed by atoms with E-state index in [1.165, 1.54) is 0 Å². The highest BCUT2D eigenvalue weighted by molar-refractivity contribution is 5.78. The third kappa shape index (κ3) is 3.27. The summed E-state index contributed by atoms with van der Waals surface area (Å²) in [4.78, 5) is 13.4. The van der Waals surface area contributed by atoms with Gasteiger partial charge in [-0.15, -0.1) is 0 Å². The highest BCUT2D eigenvalue weighted by Crippen LogP contribution is 2.25. The van der Waals surface area contributed by atoms with Crippen LogP contribution in [0.25, 0.3) is 0 Å². The second-order valence-electron chi connectivity index (χ2n) is 4.63. The molecule has 0 aromatic heterocycles. The summed E-state index contributed by atoms with van der Waals surface area (Å²) in [7, 11) is 1.84. The van der Waals surface area contributed by atoms with Crippen LogP contribution < -0.4 is 5.32 Å². The van der Waals surface area contributed by atoms with E-state index in [9.17, 15) is 4.79 Å².